The molecule has 2 N–H and O–H groups in total. The second kappa shape index (κ2) is 18.8. The first-order chi connectivity index (χ1) is 25.2. The van der Waals surface area contributed by atoms with Gasteiger partial charge in [0.1, 0.15) is 17.7 Å². The second-order valence-electron chi connectivity index (χ2n) is 14.3. The highest BCUT2D eigenvalue weighted by molar-refractivity contribution is 9.09. The molecule has 1 aromatic rings. The van der Waals surface area contributed by atoms with Crippen LogP contribution in [0.2, 0.25) is 0 Å². The molecule has 0 saturated carbocycles. The fourth-order valence-electron chi connectivity index (χ4n) is 8.31. The molecule has 2 bridgehead atoms. The Bertz CT molecular complexity index is 1410. The van der Waals surface area contributed by atoms with E-state index in [9.17, 15) is 24.3 Å². The summed E-state index contributed by atoms with van der Waals surface area (Å²) in [6, 6.07) is 7.74. The van der Waals surface area contributed by atoms with Crippen molar-refractivity contribution in [3.05, 3.63) is 61.2 Å². The van der Waals surface area contributed by atoms with Crippen LogP contribution < -0.4 is 5.32 Å². The van der Waals surface area contributed by atoms with Crippen LogP contribution >= 0.6 is 15.9 Å². The van der Waals surface area contributed by atoms with Gasteiger partial charge in [-0.2, -0.15) is 0 Å². The van der Waals surface area contributed by atoms with Crippen molar-refractivity contribution in [2.45, 2.75) is 86.6 Å². The Hall–Kier alpha value is -3.10. The number of hydrogen-bond acceptors (Lipinski definition) is 9. The van der Waals surface area contributed by atoms with Crippen LogP contribution in [0.5, 0.6) is 0 Å². The number of ether oxygens (including phenoxy) is 3. The van der Waals surface area contributed by atoms with Crippen LogP contribution in [0.1, 0.15) is 63.5 Å². The molecule has 4 fully saturated rings. The number of halogens is 1. The van der Waals surface area contributed by atoms with Gasteiger partial charge in [0.05, 0.1) is 37.2 Å². The number of allylic oxidation sites excluding steroid dienone is 1. The topological polar surface area (TPSA) is 138 Å². The lowest BCUT2D eigenvalue weighted by Gasteiger charge is -2.38. The molecule has 8 atom stereocenters. The zero-order chi connectivity index (χ0) is 37.3. The lowest BCUT2D eigenvalue weighted by Crippen LogP contribution is -2.57. The van der Waals surface area contributed by atoms with Crippen LogP contribution in [0, 0.1) is 11.8 Å². The van der Waals surface area contributed by atoms with E-state index in [1.165, 1.54) is 0 Å². The maximum atomic E-state index is 14.8. The van der Waals surface area contributed by atoms with E-state index >= 15 is 0 Å². The van der Waals surface area contributed by atoms with Gasteiger partial charge in [-0.15, -0.1) is 13.2 Å². The van der Waals surface area contributed by atoms with Crippen molar-refractivity contribution < 1.29 is 38.5 Å². The van der Waals surface area contributed by atoms with Gasteiger partial charge in [-0.25, -0.2) is 0 Å². The Labute approximate surface area is 316 Å². The summed E-state index contributed by atoms with van der Waals surface area (Å²) in [7, 11) is 0. The standard InChI is InChI=1S/C39H55BrN4O8/c1-4-6-16-30(46)41-27(3)33(28-14-10-9-11-15-28)51-38(49)31-32-36(47)44(18-12-7-8-13-23-45)35(39(32)26-29(40)34(31)52-39)37(48)43(17-5-2)20-19-42-21-24-50-25-22-42/h4-5,9-11,14-15,27,29,31-35,45H,1-2,6-8,12-13,16-26H2,3H3,(H,41,46)/t27-,29?,31+,32-,33-,34+,35+,39-/m1/s1. The van der Waals surface area contributed by atoms with E-state index in [0.717, 1.165) is 25.9 Å². The zero-order valence-electron chi connectivity index (χ0n) is 30.3. The van der Waals surface area contributed by atoms with Gasteiger partial charge in [0.15, 0.2) is 0 Å². The van der Waals surface area contributed by atoms with Gasteiger partial charge in [-0.05, 0) is 38.2 Å². The quantitative estimate of drug-likeness (QED) is 0.0883. The number of aliphatic hydroxyl groups excluding tert-OH is 1. The van der Waals surface area contributed by atoms with E-state index in [-0.39, 0.29) is 35.6 Å². The molecule has 4 aliphatic heterocycles. The summed E-state index contributed by atoms with van der Waals surface area (Å²) < 4.78 is 18.6. The molecule has 12 nitrogen and oxygen atoms in total. The molecule has 286 valence electrons. The number of amides is 3. The van der Waals surface area contributed by atoms with E-state index in [4.69, 9.17) is 14.2 Å². The van der Waals surface area contributed by atoms with Gasteiger partial charge < -0.3 is 34.4 Å². The monoisotopic (exact) mass is 786 g/mol. The predicted molar refractivity (Wildman–Crippen MR) is 199 cm³/mol. The highest BCUT2D eigenvalue weighted by atomic mass is 79.9. The number of likely N-dealkylation sites (tertiary alicyclic amines) is 1. The van der Waals surface area contributed by atoms with Gasteiger partial charge in [0.25, 0.3) is 0 Å². The Morgan fingerprint density at radius 1 is 1.12 bits per heavy atom. The first-order valence-electron chi connectivity index (χ1n) is 18.8. The van der Waals surface area contributed by atoms with Crippen molar-refractivity contribution in [2.75, 3.05) is 59.1 Å². The van der Waals surface area contributed by atoms with Crippen LogP contribution in [-0.4, -0.2) is 131 Å². The molecule has 1 unspecified atom stereocenters. The summed E-state index contributed by atoms with van der Waals surface area (Å²) in [5.41, 5.74) is -0.523. The third-order valence-corrected chi connectivity index (χ3v) is 11.7. The van der Waals surface area contributed by atoms with Crippen molar-refractivity contribution in [1.82, 2.24) is 20.0 Å². The summed E-state index contributed by atoms with van der Waals surface area (Å²) in [5, 5.41) is 12.3. The summed E-state index contributed by atoms with van der Waals surface area (Å²) >= 11 is 3.77. The number of unbranched alkanes of at least 4 members (excludes halogenated alkanes) is 3. The predicted octanol–water partition coefficient (Wildman–Crippen LogP) is 3.39. The van der Waals surface area contributed by atoms with Crippen molar-refractivity contribution in [2.24, 2.45) is 11.8 Å². The van der Waals surface area contributed by atoms with Crippen LogP contribution in [0.3, 0.4) is 0 Å². The first-order valence-corrected chi connectivity index (χ1v) is 19.7. The Balaban J connectivity index is 1.43. The highest BCUT2D eigenvalue weighted by Gasteiger charge is 2.77. The lowest BCUT2D eigenvalue weighted by molar-refractivity contribution is -0.162. The van der Waals surface area contributed by atoms with E-state index in [0.29, 0.717) is 70.6 Å². The van der Waals surface area contributed by atoms with E-state index in [1.54, 1.807) is 28.9 Å². The highest BCUT2D eigenvalue weighted by Crippen LogP contribution is 2.60. The smallest absolute Gasteiger partial charge is 0.313 e. The molecule has 5 rings (SSSR count). The summed E-state index contributed by atoms with van der Waals surface area (Å²) in [6.07, 6.45) is 5.91. The maximum absolute atomic E-state index is 14.8. The number of hydrogen-bond donors (Lipinski definition) is 2. The molecular weight excluding hydrogens is 732 g/mol. The largest absolute Gasteiger partial charge is 0.455 e. The number of aliphatic hydroxyl groups is 1. The lowest BCUT2D eigenvalue weighted by atomic mass is 9.70. The fraction of sp³-hybridized carbons (Fsp3) is 0.641. The third-order valence-electron chi connectivity index (χ3n) is 10.8. The molecule has 0 aromatic heterocycles. The number of morpholine rings is 1. The number of nitrogens with one attached hydrogen (secondary N) is 1. The molecule has 13 heteroatoms. The van der Waals surface area contributed by atoms with Crippen LogP contribution in [0.4, 0.5) is 0 Å². The van der Waals surface area contributed by atoms with Crippen molar-refractivity contribution in [3.63, 3.8) is 0 Å². The normalized spacial score (nSPS) is 27.9. The van der Waals surface area contributed by atoms with Crippen LogP contribution in [0.25, 0.3) is 0 Å². The Kier molecular flexibility index (Phi) is 14.5. The van der Waals surface area contributed by atoms with E-state index < -0.39 is 47.7 Å². The summed E-state index contributed by atoms with van der Waals surface area (Å²) in [6.45, 7) is 14.1. The van der Waals surface area contributed by atoms with Gasteiger partial charge in [0.2, 0.25) is 17.7 Å². The number of fused-ring (bicyclic) bond motifs is 1. The number of nitrogens with zero attached hydrogens (tertiary/aromatic N) is 3. The van der Waals surface area contributed by atoms with Crippen LogP contribution in [0.15, 0.2) is 55.6 Å². The average molecular weight is 788 g/mol. The van der Waals surface area contributed by atoms with Gasteiger partial charge in [0, 0.05) is 57.1 Å². The molecule has 4 heterocycles. The molecule has 3 amide bonds. The van der Waals surface area contributed by atoms with Crippen molar-refractivity contribution in [1.29, 1.82) is 0 Å². The number of benzene rings is 1. The SMILES string of the molecule is C=CCCC(=O)N[C@H](C)[C@@H](OC(=O)[C@@H]1[C@H]2O[C@@]3(CC2Br)[C@H](C(=O)N(CC=C)CCN2CCOCC2)N(CCCCCCO)C(=O)[C@@H]13)c1ccccc1. The molecular formula is C39H55BrN4O8. The third kappa shape index (κ3) is 8.81. The molecule has 0 aliphatic carbocycles. The van der Waals surface area contributed by atoms with Gasteiger partial charge in [-0.3, -0.25) is 24.1 Å². The minimum atomic E-state index is -1.23. The fourth-order valence-corrected chi connectivity index (χ4v) is 9.26. The maximum Gasteiger partial charge on any atom is 0.313 e. The molecule has 0 radical (unpaired) electrons. The van der Waals surface area contributed by atoms with Crippen LogP contribution in [-0.2, 0) is 33.4 Å². The number of esters is 1. The number of rotatable bonds is 20. The molecule has 1 aromatic carbocycles. The number of carbonyl (C=O) groups excluding carboxylic acids is 4. The summed E-state index contributed by atoms with van der Waals surface area (Å²) in [5.74, 6) is -3.15. The molecule has 4 saturated heterocycles. The molecule has 4 aliphatic rings. The average Bonchev–Trinajstić information content (AvgIpc) is 3.74. The van der Waals surface area contributed by atoms with Gasteiger partial charge in [-0.1, -0.05) is 71.3 Å². The zero-order valence-corrected chi connectivity index (χ0v) is 31.9. The number of alkyl halides is 1. The Morgan fingerprint density at radius 3 is 2.54 bits per heavy atom. The first kappa shape index (κ1) is 40.1. The molecule has 52 heavy (non-hydrogen) atoms. The van der Waals surface area contributed by atoms with E-state index in [1.807, 2.05) is 30.3 Å². The number of carbonyl (C=O) groups is 4. The van der Waals surface area contributed by atoms with Gasteiger partial charge >= 0.3 is 5.97 Å². The minimum absolute atomic E-state index is 0.0986. The molecule has 1 spiro atoms. The second-order valence-corrected chi connectivity index (χ2v) is 15.5. The van der Waals surface area contributed by atoms with Crippen molar-refractivity contribution in [3.8, 4) is 0 Å². The summed E-state index contributed by atoms with van der Waals surface area (Å²) in [4.78, 5) is 62.0. The Morgan fingerprint density at radius 2 is 1.85 bits per heavy atom. The van der Waals surface area contributed by atoms with E-state index in [2.05, 4.69) is 39.3 Å². The van der Waals surface area contributed by atoms with Crippen molar-refractivity contribution >= 4 is 39.6 Å². The minimum Gasteiger partial charge on any atom is -0.455 e.